The Labute approximate surface area is 121 Å². The van der Waals surface area contributed by atoms with Gasteiger partial charge in [-0.05, 0) is 58.1 Å². The Morgan fingerprint density at radius 3 is 2.60 bits per heavy atom. The highest BCUT2D eigenvalue weighted by Crippen LogP contribution is 2.21. The maximum Gasteiger partial charge on any atom is 0.317 e. The van der Waals surface area contributed by atoms with Crippen molar-refractivity contribution in [1.82, 2.24) is 15.2 Å². The molecule has 2 heterocycles. The molecule has 1 aromatic rings. The molecule has 0 unspecified atom stereocenters. The summed E-state index contributed by atoms with van der Waals surface area (Å²) in [5.74, 6) is 0.642. The molecular formula is C16H25N3O. The Morgan fingerprint density at radius 1 is 1.35 bits per heavy atom. The van der Waals surface area contributed by atoms with Crippen molar-refractivity contribution >= 4 is 6.03 Å². The number of rotatable bonds is 2. The molecule has 4 nitrogen and oxygen atoms in total. The fraction of sp³-hybridized carbons (Fsp3) is 0.625. The molecule has 1 aliphatic rings. The lowest BCUT2D eigenvalue weighted by Crippen LogP contribution is -2.50. The zero-order chi connectivity index (χ0) is 14.6. The van der Waals surface area contributed by atoms with Crippen LogP contribution in [-0.4, -0.2) is 34.5 Å². The standard InChI is InChI=1S/C16H25N3O/c1-16(2,3)18-15(20)19-10-7-13(8-11-19)12-14-6-4-5-9-17-14/h4-6,9,13H,7-8,10-12H2,1-3H3,(H,18,20). The predicted octanol–water partition coefficient (Wildman–Crippen LogP) is 2.84. The van der Waals surface area contributed by atoms with Crippen LogP contribution >= 0.6 is 0 Å². The van der Waals surface area contributed by atoms with E-state index in [1.54, 1.807) is 0 Å². The van der Waals surface area contributed by atoms with Crippen LogP contribution in [0.5, 0.6) is 0 Å². The largest absolute Gasteiger partial charge is 0.333 e. The van der Waals surface area contributed by atoms with Crippen LogP contribution in [-0.2, 0) is 6.42 Å². The number of urea groups is 1. The molecule has 1 fully saturated rings. The Bertz CT molecular complexity index is 431. The molecule has 0 bridgehead atoms. The third kappa shape index (κ3) is 4.51. The molecule has 0 spiro atoms. The number of carbonyl (C=O) groups is 1. The first-order valence-corrected chi connectivity index (χ1v) is 7.41. The summed E-state index contributed by atoms with van der Waals surface area (Å²) >= 11 is 0. The summed E-state index contributed by atoms with van der Waals surface area (Å²) in [5.41, 5.74) is 0.993. The van der Waals surface area contributed by atoms with E-state index in [0.29, 0.717) is 5.92 Å². The number of carbonyl (C=O) groups excluding carboxylic acids is 1. The van der Waals surface area contributed by atoms with Gasteiger partial charge in [-0.3, -0.25) is 4.98 Å². The minimum absolute atomic E-state index is 0.0637. The van der Waals surface area contributed by atoms with Crippen molar-refractivity contribution in [3.63, 3.8) is 0 Å². The molecule has 1 aromatic heterocycles. The van der Waals surface area contributed by atoms with Crippen molar-refractivity contribution in [1.29, 1.82) is 0 Å². The minimum Gasteiger partial charge on any atom is -0.333 e. The van der Waals surface area contributed by atoms with Gasteiger partial charge >= 0.3 is 6.03 Å². The molecule has 1 aliphatic heterocycles. The molecule has 1 saturated heterocycles. The molecule has 110 valence electrons. The number of amides is 2. The third-order valence-electron chi connectivity index (χ3n) is 3.61. The van der Waals surface area contributed by atoms with E-state index >= 15 is 0 Å². The van der Waals surface area contributed by atoms with E-state index in [9.17, 15) is 4.79 Å². The first-order chi connectivity index (χ1) is 9.44. The lowest BCUT2D eigenvalue weighted by Gasteiger charge is -2.34. The van der Waals surface area contributed by atoms with Gasteiger partial charge in [-0.15, -0.1) is 0 Å². The SMILES string of the molecule is CC(C)(C)NC(=O)N1CCC(Cc2ccccn2)CC1. The fourth-order valence-electron chi connectivity index (χ4n) is 2.55. The van der Waals surface area contributed by atoms with Crippen molar-refractivity contribution in [3.05, 3.63) is 30.1 Å². The molecule has 2 amide bonds. The van der Waals surface area contributed by atoms with Crippen LogP contribution in [0.1, 0.15) is 39.3 Å². The van der Waals surface area contributed by atoms with Crippen molar-refractivity contribution in [2.45, 2.75) is 45.6 Å². The van der Waals surface area contributed by atoms with Crippen LogP contribution in [0.2, 0.25) is 0 Å². The average molecular weight is 275 g/mol. The molecular weight excluding hydrogens is 250 g/mol. The summed E-state index contributed by atoms with van der Waals surface area (Å²) < 4.78 is 0. The average Bonchev–Trinajstić information content (AvgIpc) is 2.39. The number of nitrogens with one attached hydrogen (secondary N) is 1. The Morgan fingerprint density at radius 2 is 2.05 bits per heavy atom. The second kappa shape index (κ2) is 6.25. The van der Waals surface area contributed by atoms with Gasteiger partial charge in [0.15, 0.2) is 0 Å². The quantitative estimate of drug-likeness (QED) is 0.902. The summed E-state index contributed by atoms with van der Waals surface area (Å²) in [4.78, 5) is 18.4. The molecule has 4 heteroatoms. The van der Waals surface area contributed by atoms with Gasteiger partial charge in [0.2, 0.25) is 0 Å². The second-order valence-corrected chi connectivity index (χ2v) is 6.64. The fourth-order valence-corrected chi connectivity index (χ4v) is 2.55. The molecule has 0 aliphatic carbocycles. The summed E-state index contributed by atoms with van der Waals surface area (Å²) in [5, 5.41) is 3.03. The van der Waals surface area contributed by atoms with Gasteiger partial charge in [-0.2, -0.15) is 0 Å². The summed E-state index contributed by atoms with van der Waals surface area (Å²) in [6, 6.07) is 6.13. The number of hydrogen-bond donors (Lipinski definition) is 1. The van der Waals surface area contributed by atoms with Gasteiger partial charge in [-0.25, -0.2) is 4.79 Å². The maximum atomic E-state index is 12.1. The molecule has 20 heavy (non-hydrogen) atoms. The van der Waals surface area contributed by atoms with Crippen LogP contribution in [0.4, 0.5) is 4.79 Å². The molecule has 2 rings (SSSR count). The molecule has 0 aromatic carbocycles. The second-order valence-electron chi connectivity index (χ2n) is 6.64. The topological polar surface area (TPSA) is 45.2 Å². The zero-order valence-electron chi connectivity index (χ0n) is 12.7. The first kappa shape index (κ1) is 14.8. The van der Waals surface area contributed by atoms with Gasteiger partial charge in [0.25, 0.3) is 0 Å². The Kier molecular flexibility index (Phi) is 4.63. The van der Waals surface area contributed by atoms with E-state index < -0.39 is 0 Å². The van der Waals surface area contributed by atoms with Crippen molar-refractivity contribution < 1.29 is 4.79 Å². The van der Waals surface area contributed by atoms with E-state index in [2.05, 4.69) is 16.4 Å². The third-order valence-corrected chi connectivity index (χ3v) is 3.61. The molecule has 0 atom stereocenters. The van der Waals surface area contributed by atoms with Crippen molar-refractivity contribution in [2.75, 3.05) is 13.1 Å². The Hall–Kier alpha value is -1.58. The van der Waals surface area contributed by atoms with Gasteiger partial charge in [0.05, 0.1) is 0 Å². The molecule has 1 N–H and O–H groups in total. The predicted molar refractivity (Wildman–Crippen MR) is 80.5 cm³/mol. The van der Waals surface area contributed by atoms with E-state index in [-0.39, 0.29) is 11.6 Å². The van der Waals surface area contributed by atoms with Gasteiger partial charge < -0.3 is 10.2 Å². The van der Waals surface area contributed by atoms with E-state index in [0.717, 1.165) is 38.0 Å². The Balaban J connectivity index is 1.79. The van der Waals surface area contributed by atoms with Crippen molar-refractivity contribution in [2.24, 2.45) is 5.92 Å². The molecule has 0 saturated carbocycles. The smallest absolute Gasteiger partial charge is 0.317 e. The van der Waals surface area contributed by atoms with Gasteiger partial charge in [0.1, 0.15) is 0 Å². The summed E-state index contributed by atoms with van der Waals surface area (Å²) in [6.45, 7) is 7.73. The van der Waals surface area contributed by atoms with Crippen LogP contribution in [0, 0.1) is 5.92 Å². The lowest BCUT2D eigenvalue weighted by molar-refractivity contribution is 0.163. The van der Waals surface area contributed by atoms with Gasteiger partial charge in [-0.1, -0.05) is 6.07 Å². The number of pyridine rings is 1. The van der Waals surface area contributed by atoms with E-state index in [1.165, 1.54) is 0 Å². The van der Waals surface area contributed by atoms with Gasteiger partial charge in [0, 0.05) is 30.5 Å². The summed E-state index contributed by atoms with van der Waals surface area (Å²) in [6.07, 6.45) is 5.00. The van der Waals surface area contributed by atoms with E-state index in [1.807, 2.05) is 44.0 Å². The first-order valence-electron chi connectivity index (χ1n) is 7.41. The highest BCUT2D eigenvalue weighted by Gasteiger charge is 2.25. The van der Waals surface area contributed by atoms with Crippen LogP contribution in [0.25, 0.3) is 0 Å². The zero-order valence-corrected chi connectivity index (χ0v) is 12.7. The number of aromatic nitrogens is 1. The van der Waals surface area contributed by atoms with Crippen LogP contribution in [0.15, 0.2) is 24.4 Å². The number of nitrogens with zero attached hydrogens (tertiary/aromatic N) is 2. The number of likely N-dealkylation sites (tertiary alicyclic amines) is 1. The summed E-state index contributed by atoms with van der Waals surface area (Å²) in [7, 11) is 0. The number of hydrogen-bond acceptors (Lipinski definition) is 2. The maximum absolute atomic E-state index is 12.1. The number of piperidine rings is 1. The van der Waals surface area contributed by atoms with Crippen LogP contribution < -0.4 is 5.32 Å². The molecule has 0 radical (unpaired) electrons. The normalized spacial score (nSPS) is 17.1. The monoisotopic (exact) mass is 275 g/mol. The highest BCUT2D eigenvalue weighted by molar-refractivity contribution is 5.75. The van der Waals surface area contributed by atoms with Crippen molar-refractivity contribution in [3.8, 4) is 0 Å². The highest BCUT2D eigenvalue weighted by atomic mass is 16.2. The van der Waals surface area contributed by atoms with E-state index in [4.69, 9.17) is 0 Å². The lowest BCUT2D eigenvalue weighted by atomic mass is 9.92. The van der Waals surface area contributed by atoms with Crippen LogP contribution in [0.3, 0.4) is 0 Å². The minimum atomic E-state index is -0.165.